The van der Waals surface area contributed by atoms with E-state index in [0.29, 0.717) is 12.5 Å². The van der Waals surface area contributed by atoms with Gasteiger partial charge in [0.2, 0.25) is 0 Å². The van der Waals surface area contributed by atoms with Gasteiger partial charge in [0.05, 0.1) is 32.7 Å². The van der Waals surface area contributed by atoms with Gasteiger partial charge in [-0.25, -0.2) is 4.98 Å². The molecule has 1 spiro atoms. The fraction of sp³-hybridized carbons (Fsp3) is 0.611. The van der Waals surface area contributed by atoms with Gasteiger partial charge in [-0.05, 0) is 25.5 Å². The molecule has 130 valence electrons. The second-order valence-electron chi connectivity index (χ2n) is 7.10. The number of nitrogens with zero attached hydrogens (tertiary/aromatic N) is 3. The van der Waals surface area contributed by atoms with Crippen molar-refractivity contribution in [1.82, 2.24) is 14.5 Å². The van der Waals surface area contributed by atoms with E-state index in [9.17, 15) is 0 Å². The van der Waals surface area contributed by atoms with Crippen molar-refractivity contribution in [3.63, 3.8) is 0 Å². The van der Waals surface area contributed by atoms with E-state index in [1.807, 2.05) is 31.7 Å². The average molecular weight is 331 g/mol. The standard InChI is InChI=1S/C18H25N3O3/c1-15-2-3-17(24-15)10-20-6-7-22-13-18(12-20)8-16(11-23-18)9-21-5-4-19-14-21/h2-5,14,16H,6-13H2,1H3/t16-,18-/m1/s1. The summed E-state index contributed by atoms with van der Waals surface area (Å²) in [5.41, 5.74) is -0.191. The molecule has 2 aromatic heterocycles. The van der Waals surface area contributed by atoms with Gasteiger partial charge < -0.3 is 18.5 Å². The van der Waals surface area contributed by atoms with Crippen molar-refractivity contribution in [1.29, 1.82) is 0 Å². The van der Waals surface area contributed by atoms with Crippen LogP contribution in [0.4, 0.5) is 0 Å². The molecular weight excluding hydrogens is 306 g/mol. The lowest BCUT2D eigenvalue weighted by molar-refractivity contribution is -0.0566. The zero-order chi connectivity index (χ0) is 16.4. The highest BCUT2D eigenvalue weighted by molar-refractivity contribution is 5.06. The third-order valence-electron chi connectivity index (χ3n) is 4.92. The predicted molar refractivity (Wildman–Crippen MR) is 88.6 cm³/mol. The minimum atomic E-state index is -0.191. The van der Waals surface area contributed by atoms with Gasteiger partial charge >= 0.3 is 0 Å². The van der Waals surface area contributed by atoms with Crippen molar-refractivity contribution >= 4 is 0 Å². The summed E-state index contributed by atoms with van der Waals surface area (Å²) in [5, 5.41) is 0. The summed E-state index contributed by atoms with van der Waals surface area (Å²) in [6.45, 7) is 7.78. The molecule has 2 aliphatic heterocycles. The molecule has 0 saturated carbocycles. The molecule has 0 N–H and O–H groups in total. The van der Waals surface area contributed by atoms with Crippen LogP contribution in [0.15, 0.2) is 35.3 Å². The Bertz CT molecular complexity index is 654. The lowest BCUT2D eigenvalue weighted by Gasteiger charge is -2.30. The van der Waals surface area contributed by atoms with E-state index in [2.05, 4.69) is 20.5 Å². The topological polar surface area (TPSA) is 52.7 Å². The summed E-state index contributed by atoms with van der Waals surface area (Å²) in [5.74, 6) is 2.48. The average Bonchev–Trinajstić information content (AvgIpc) is 3.25. The number of aromatic nitrogens is 2. The van der Waals surface area contributed by atoms with Crippen LogP contribution in [0, 0.1) is 12.8 Å². The molecular formula is C18H25N3O3. The first-order valence-electron chi connectivity index (χ1n) is 8.66. The van der Waals surface area contributed by atoms with Gasteiger partial charge in [-0.3, -0.25) is 4.90 Å². The van der Waals surface area contributed by atoms with E-state index >= 15 is 0 Å². The molecule has 0 aliphatic carbocycles. The van der Waals surface area contributed by atoms with Gasteiger partial charge in [-0.1, -0.05) is 0 Å². The summed E-state index contributed by atoms with van der Waals surface area (Å²) in [7, 11) is 0. The molecule has 2 saturated heterocycles. The number of hydrogen-bond donors (Lipinski definition) is 0. The van der Waals surface area contributed by atoms with E-state index in [0.717, 1.165) is 57.3 Å². The van der Waals surface area contributed by atoms with E-state index in [1.54, 1.807) is 0 Å². The van der Waals surface area contributed by atoms with Gasteiger partial charge in [0.25, 0.3) is 0 Å². The molecule has 2 atom stereocenters. The first kappa shape index (κ1) is 15.9. The number of furan rings is 1. The highest BCUT2D eigenvalue weighted by Crippen LogP contribution is 2.34. The monoisotopic (exact) mass is 331 g/mol. The molecule has 0 amide bonds. The number of hydrogen-bond acceptors (Lipinski definition) is 5. The Kier molecular flexibility index (Phi) is 4.43. The first-order chi connectivity index (χ1) is 11.7. The summed E-state index contributed by atoms with van der Waals surface area (Å²) < 4.78 is 20.0. The second kappa shape index (κ2) is 6.70. The van der Waals surface area contributed by atoms with Crippen LogP contribution in [0.1, 0.15) is 17.9 Å². The van der Waals surface area contributed by atoms with Crippen LogP contribution in [0.25, 0.3) is 0 Å². The maximum atomic E-state index is 6.26. The molecule has 6 nitrogen and oxygen atoms in total. The third-order valence-corrected chi connectivity index (χ3v) is 4.92. The van der Waals surface area contributed by atoms with Gasteiger partial charge in [-0.2, -0.15) is 0 Å². The summed E-state index contributed by atoms with van der Waals surface area (Å²) in [6.07, 6.45) is 6.74. The number of imidazole rings is 1. The van der Waals surface area contributed by atoms with Crippen molar-refractivity contribution < 1.29 is 13.9 Å². The first-order valence-corrected chi connectivity index (χ1v) is 8.66. The maximum Gasteiger partial charge on any atom is 0.118 e. The summed E-state index contributed by atoms with van der Waals surface area (Å²) >= 11 is 0. The molecule has 0 aromatic carbocycles. The van der Waals surface area contributed by atoms with Crippen LogP contribution < -0.4 is 0 Å². The van der Waals surface area contributed by atoms with E-state index in [-0.39, 0.29) is 5.60 Å². The Morgan fingerprint density at radius 2 is 2.33 bits per heavy atom. The SMILES string of the molecule is Cc1ccc(CN2CCOC[C@@]3(C[C@H](Cn4ccnc4)CO3)C2)o1. The summed E-state index contributed by atoms with van der Waals surface area (Å²) in [6, 6.07) is 4.08. The molecule has 0 bridgehead atoms. The molecule has 6 heteroatoms. The van der Waals surface area contributed by atoms with E-state index < -0.39 is 0 Å². The molecule has 4 rings (SSSR count). The lowest BCUT2D eigenvalue weighted by atomic mass is 9.94. The van der Waals surface area contributed by atoms with Gasteiger partial charge in [0.15, 0.2) is 0 Å². The maximum absolute atomic E-state index is 6.26. The van der Waals surface area contributed by atoms with Crippen LogP contribution in [-0.2, 0) is 22.6 Å². The third kappa shape index (κ3) is 3.55. The van der Waals surface area contributed by atoms with Gasteiger partial charge in [0, 0.05) is 37.9 Å². The molecule has 0 radical (unpaired) electrons. The minimum absolute atomic E-state index is 0.191. The molecule has 2 fully saturated rings. The Labute approximate surface area is 142 Å². The molecule has 24 heavy (non-hydrogen) atoms. The fourth-order valence-electron chi connectivity index (χ4n) is 3.87. The van der Waals surface area contributed by atoms with Gasteiger partial charge in [0.1, 0.15) is 17.1 Å². The Morgan fingerprint density at radius 3 is 3.12 bits per heavy atom. The fourth-order valence-corrected chi connectivity index (χ4v) is 3.87. The van der Waals surface area contributed by atoms with Gasteiger partial charge in [-0.15, -0.1) is 0 Å². The smallest absolute Gasteiger partial charge is 0.118 e. The Balaban J connectivity index is 1.40. The van der Waals surface area contributed by atoms with E-state index in [1.165, 1.54) is 0 Å². The molecule has 4 heterocycles. The van der Waals surface area contributed by atoms with Crippen LogP contribution in [0.2, 0.25) is 0 Å². The Morgan fingerprint density at radius 1 is 1.38 bits per heavy atom. The Hall–Kier alpha value is -1.63. The molecule has 2 aliphatic rings. The summed E-state index contributed by atoms with van der Waals surface area (Å²) in [4.78, 5) is 6.52. The second-order valence-corrected chi connectivity index (χ2v) is 7.10. The van der Waals surface area contributed by atoms with Crippen molar-refractivity contribution in [2.45, 2.75) is 32.0 Å². The van der Waals surface area contributed by atoms with Crippen LogP contribution >= 0.6 is 0 Å². The molecule has 2 aromatic rings. The highest BCUT2D eigenvalue weighted by atomic mass is 16.5. The quantitative estimate of drug-likeness (QED) is 0.859. The predicted octanol–water partition coefficient (Wildman–Crippen LogP) is 2.09. The zero-order valence-corrected chi connectivity index (χ0v) is 14.2. The van der Waals surface area contributed by atoms with Crippen molar-refractivity contribution in [3.8, 4) is 0 Å². The van der Waals surface area contributed by atoms with Crippen LogP contribution in [0.5, 0.6) is 0 Å². The van der Waals surface area contributed by atoms with E-state index in [4.69, 9.17) is 13.9 Å². The normalized spacial score (nSPS) is 28.5. The minimum Gasteiger partial charge on any atom is -0.465 e. The van der Waals surface area contributed by atoms with Crippen LogP contribution in [0.3, 0.4) is 0 Å². The number of ether oxygens (including phenoxy) is 2. The highest BCUT2D eigenvalue weighted by Gasteiger charge is 2.43. The zero-order valence-electron chi connectivity index (χ0n) is 14.2. The van der Waals surface area contributed by atoms with Crippen LogP contribution in [-0.4, -0.2) is 53.0 Å². The largest absolute Gasteiger partial charge is 0.465 e. The lowest BCUT2D eigenvalue weighted by Crippen LogP contribution is -2.43. The molecule has 0 unspecified atom stereocenters. The van der Waals surface area contributed by atoms with Crippen molar-refractivity contribution in [2.75, 3.05) is 32.9 Å². The number of rotatable bonds is 4. The van der Waals surface area contributed by atoms with Crippen molar-refractivity contribution in [3.05, 3.63) is 42.4 Å². The van der Waals surface area contributed by atoms with Crippen molar-refractivity contribution in [2.24, 2.45) is 5.92 Å². The number of aryl methyl sites for hydroxylation is 1.